The Labute approximate surface area is 127 Å². The van der Waals surface area contributed by atoms with E-state index >= 15 is 0 Å². The first kappa shape index (κ1) is 13.6. The summed E-state index contributed by atoms with van der Waals surface area (Å²) in [5.41, 5.74) is 3.03. The molecule has 20 heavy (non-hydrogen) atoms. The van der Waals surface area contributed by atoms with Crippen molar-refractivity contribution in [1.29, 1.82) is 0 Å². The molecule has 1 unspecified atom stereocenters. The van der Waals surface area contributed by atoms with Gasteiger partial charge in [0.1, 0.15) is 11.3 Å². The Balaban J connectivity index is 2.26. The van der Waals surface area contributed by atoms with Gasteiger partial charge in [-0.25, -0.2) is 9.97 Å². The van der Waals surface area contributed by atoms with Gasteiger partial charge in [-0.05, 0) is 36.4 Å². The van der Waals surface area contributed by atoms with Gasteiger partial charge in [-0.15, -0.1) is 22.9 Å². The van der Waals surface area contributed by atoms with Gasteiger partial charge in [0.2, 0.25) is 0 Å². The highest BCUT2D eigenvalue weighted by atomic mass is 35.5. The zero-order valence-corrected chi connectivity index (χ0v) is 13.1. The van der Waals surface area contributed by atoms with Gasteiger partial charge in [0, 0.05) is 11.1 Å². The molecule has 0 N–H and O–H groups in total. The summed E-state index contributed by atoms with van der Waals surface area (Å²) in [5.74, 6) is 1.29. The molecule has 0 amide bonds. The van der Waals surface area contributed by atoms with E-state index in [1.54, 1.807) is 11.3 Å². The van der Waals surface area contributed by atoms with Gasteiger partial charge in [0.25, 0.3) is 0 Å². The Morgan fingerprint density at radius 2 is 2.25 bits per heavy atom. The highest BCUT2D eigenvalue weighted by Gasteiger charge is 2.21. The molecule has 0 spiro atoms. The first-order chi connectivity index (χ1) is 9.76. The van der Waals surface area contributed by atoms with Gasteiger partial charge < -0.3 is 4.57 Å². The molecule has 0 aliphatic rings. The van der Waals surface area contributed by atoms with Gasteiger partial charge in [0.15, 0.2) is 5.65 Å². The maximum absolute atomic E-state index is 6.11. The molecule has 3 aromatic heterocycles. The molecular weight excluding hydrogens is 290 g/mol. The number of aryl methyl sites for hydroxylation is 1. The van der Waals surface area contributed by atoms with E-state index in [0.717, 1.165) is 29.0 Å². The van der Waals surface area contributed by atoms with Gasteiger partial charge in [-0.2, -0.15) is 0 Å². The molecule has 1 atom stereocenters. The van der Waals surface area contributed by atoms with Crippen LogP contribution in [0.5, 0.6) is 0 Å². The Morgan fingerprint density at radius 3 is 2.90 bits per heavy atom. The highest BCUT2D eigenvalue weighted by Crippen LogP contribution is 2.31. The van der Waals surface area contributed by atoms with E-state index in [1.807, 2.05) is 12.3 Å². The lowest BCUT2D eigenvalue weighted by atomic mass is 10.2. The van der Waals surface area contributed by atoms with Gasteiger partial charge in [0.05, 0.1) is 11.9 Å². The third kappa shape index (κ3) is 2.13. The van der Waals surface area contributed by atoms with Crippen LogP contribution in [0.3, 0.4) is 0 Å². The smallest absolute Gasteiger partial charge is 0.160 e. The number of fused-ring (bicyclic) bond motifs is 1. The first-order valence-electron chi connectivity index (χ1n) is 6.68. The zero-order valence-electron chi connectivity index (χ0n) is 11.5. The number of hydrogen-bond acceptors (Lipinski definition) is 3. The molecule has 3 nitrogen and oxygen atoms in total. The number of nitrogens with zero attached hydrogens (tertiary/aromatic N) is 3. The molecule has 0 aliphatic heterocycles. The van der Waals surface area contributed by atoms with E-state index < -0.39 is 0 Å². The van der Waals surface area contributed by atoms with Crippen LogP contribution in [0.2, 0.25) is 0 Å². The van der Waals surface area contributed by atoms with Crippen LogP contribution in [-0.4, -0.2) is 14.5 Å². The normalized spacial score (nSPS) is 12.9. The average Bonchev–Trinajstić information content (AvgIpc) is 3.09. The summed E-state index contributed by atoms with van der Waals surface area (Å²) in [6, 6.07) is 6.49. The number of halogens is 1. The van der Waals surface area contributed by atoms with Gasteiger partial charge in [-0.3, -0.25) is 0 Å². The fourth-order valence-corrected chi connectivity index (χ4v) is 3.66. The van der Waals surface area contributed by atoms with Crippen LogP contribution in [0, 0.1) is 6.92 Å². The van der Waals surface area contributed by atoms with E-state index in [-0.39, 0.29) is 6.04 Å². The largest absolute Gasteiger partial charge is 0.303 e. The second kappa shape index (κ2) is 5.54. The van der Waals surface area contributed by atoms with E-state index in [0.29, 0.717) is 5.88 Å². The fourth-order valence-electron chi connectivity index (χ4n) is 2.57. The lowest BCUT2D eigenvalue weighted by molar-refractivity contribution is 0.570. The molecule has 0 bridgehead atoms. The second-order valence-corrected chi connectivity index (χ2v) is 6.02. The number of aromatic nitrogens is 3. The van der Waals surface area contributed by atoms with Crippen LogP contribution < -0.4 is 0 Å². The number of hydrogen-bond donors (Lipinski definition) is 0. The van der Waals surface area contributed by atoms with Crippen molar-refractivity contribution in [3.8, 4) is 0 Å². The number of rotatable bonds is 4. The van der Waals surface area contributed by atoms with Crippen molar-refractivity contribution in [2.45, 2.75) is 32.2 Å². The van der Waals surface area contributed by atoms with Crippen LogP contribution in [-0.2, 0) is 5.88 Å². The van der Waals surface area contributed by atoms with Crippen molar-refractivity contribution >= 4 is 34.1 Å². The number of imidazole rings is 1. The van der Waals surface area contributed by atoms with Crippen molar-refractivity contribution < 1.29 is 0 Å². The number of thiophene rings is 1. The Bertz CT molecular complexity index is 718. The fraction of sp³-hybridized carbons (Fsp3) is 0.333. The van der Waals surface area contributed by atoms with Crippen LogP contribution in [0.4, 0.5) is 0 Å². The highest BCUT2D eigenvalue weighted by molar-refractivity contribution is 7.10. The van der Waals surface area contributed by atoms with Crippen LogP contribution in [0.25, 0.3) is 11.2 Å². The summed E-state index contributed by atoms with van der Waals surface area (Å²) in [6.45, 7) is 4.25. The topological polar surface area (TPSA) is 30.7 Å². The second-order valence-electron chi connectivity index (χ2n) is 4.77. The lowest BCUT2D eigenvalue weighted by Crippen LogP contribution is -2.12. The molecule has 0 aliphatic carbocycles. The standard InChI is InChI=1S/C15H16ClN3S/c1-3-11(12-5-4-8-20-12)19-13(9-16)18-14-10(2)6-7-17-15(14)19/h4-8,11H,3,9H2,1-2H3. The molecule has 0 saturated carbocycles. The SMILES string of the molecule is CCC(c1cccs1)n1c(CCl)nc2c(C)ccnc21. The molecule has 5 heteroatoms. The predicted molar refractivity (Wildman–Crippen MR) is 84.6 cm³/mol. The molecule has 3 heterocycles. The summed E-state index contributed by atoms with van der Waals surface area (Å²) in [7, 11) is 0. The molecule has 104 valence electrons. The Hall–Kier alpha value is -1.39. The Kier molecular flexibility index (Phi) is 3.76. The third-order valence-corrected chi connectivity index (χ3v) is 4.76. The average molecular weight is 306 g/mol. The molecule has 0 radical (unpaired) electrons. The summed E-state index contributed by atoms with van der Waals surface area (Å²) in [6.07, 6.45) is 2.83. The molecule has 0 saturated heterocycles. The quantitative estimate of drug-likeness (QED) is 0.663. The van der Waals surface area contributed by atoms with Crippen LogP contribution in [0.1, 0.15) is 35.7 Å². The van der Waals surface area contributed by atoms with Crippen molar-refractivity contribution in [2.75, 3.05) is 0 Å². The minimum absolute atomic E-state index is 0.253. The minimum atomic E-state index is 0.253. The van der Waals surface area contributed by atoms with Crippen molar-refractivity contribution in [1.82, 2.24) is 14.5 Å². The summed E-state index contributed by atoms with van der Waals surface area (Å²) in [5, 5.41) is 2.11. The number of alkyl halides is 1. The van der Waals surface area contributed by atoms with Crippen LogP contribution >= 0.6 is 22.9 Å². The summed E-state index contributed by atoms with van der Waals surface area (Å²) in [4.78, 5) is 10.5. The maximum atomic E-state index is 6.11. The van der Waals surface area contributed by atoms with E-state index in [4.69, 9.17) is 11.6 Å². The van der Waals surface area contributed by atoms with Crippen molar-refractivity contribution in [3.63, 3.8) is 0 Å². The summed E-state index contributed by atoms with van der Waals surface area (Å²) >= 11 is 7.88. The molecule has 3 rings (SSSR count). The van der Waals surface area contributed by atoms with Crippen molar-refractivity contribution in [3.05, 3.63) is 46.0 Å². The van der Waals surface area contributed by atoms with Crippen molar-refractivity contribution in [2.24, 2.45) is 0 Å². The molecule has 0 fully saturated rings. The Morgan fingerprint density at radius 1 is 1.40 bits per heavy atom. The van der Waals surface area contributed by atoms with E-state index in [1.165, 1.54) is 4.88 Å². The van der Waals surface area contributed by atoms with Gasteiger partial charge >= 0.3 is 0 Å². The third-order valence-electron chi connectivity index (χ3n) is 3.54. The molecule has 3 aromatic rings. The monoisotopic (exact) mass is 305 g/mol. The lowest BCUT2D eigenvalue weighted by Gasteiger charge is -2.18. The predicted octanol–water partition coefficient (Wildman–Crippen LogP) is 4.54. The summed E-state index contributed by atoms with van der Waals surface area (Å²) < 4.78 is 2.20. The minimum Gasteiger partial charge on any atom is -0.303 e. The van der Waals surface area contributed by atoms with Crippen LogP contribution in [0.15, 0.2) is 29.8 Å². The maximum Gasteiger partial charge on any atom is 0.160 e. The van der Waals surface area contributed by atoms with Gasteiger partial charge in [-0.1, -0.05) is 13.0 Å². The first-order valence-corrected chi connectivity index (χ1v) is 8.09. The van der Waals surface area contributed by atoms with E-state index in [2.05, 4.69) is 45.9 Å². The molecule has 0 aromatic carbocycles. The van der Waals surface area contributed by atoms with E-state index in [9.17, 15) is 0 Å². The number of pyridine rings is 1. The zero-order chi connectivity index (χ0) is 14.1. The molecular formula is C15H16ClN3S.